The highest BCUT2D eigenvalue weighted by atomic mass is 16.5. The molecule has 0 aromatic heterocycles. The van der Waals surface area contributed by atoms with E-state index in [4.69, 9.17) is 9.47 Å². The number of aliphatic imine (C=N–C) groups is 1. The molecule has 130 valence electrons. The van der Waals surface area contributed by atoms with E-state index >= 15 is 0 Å². The summed E-state index contributed by atoms with van der Waals surface area (Å²) in [6.45, 7) is 7.95. The first-order valence-electron chi connectivity index (χ1n) is 8.53. The van der Waals surface area contributed by atoms with Gasteiger partial charge >= 0.3 is 0 Å². The van der Waals surface area contributed by atoms with Gasteiger partial charge in [-0.15, -0.1) is 0 Å². The number of benzene rings is 1. The van der Waals surface area contributed by atoms with Gasteiger partial charge < -0.3 is 20.1 Å². The number of nitrogens with one attached hydrogen (secondary N) is 2. The number of unbranched alkanes of at least 4 members (excludes halogenated alkanes) is 2. The molecule has 0 radical (unpaired) electrons. The van der Waals surface area contributed by atoms with Crippen molar-refractivity contribution in [1.82, 2.24) is 10.6 Å². The summed E-state index contributed by atoms with van der Waals surface area (Å²) in [6, 6.07) is 8.05. The first kappa shape index (κ1) is 19.3. The molecule has 0 unspecified atom stereocenters. The lowest BCUT2D eigenvalue weighted by molar-refractivity contribution is 0.192. The minimum atomic E-state index is 0.606. The molecule has 1 rings (SSSR count). The highest BCUT2D eigenvalue weighted by Gasteiger charge is 2.02. The van der Waals surface area contributed by atoms with Crippen molar-refractivity contribution in [3.63, 3.8) is 0 Å². The number of para-hydroxylation sites is 1. The van der Waals surface area contributed by atoms with E-state index in [1.165, 1.54) is 0 Å². The van der Waals surface area contributed by atoms with Crippen molar-refractivity contribution in [3.8, 4) is 5.75 Å². The summed E-state index contributed by atoms with van der Waals surface area (Å²) in [4.78, 5) is 4.65. The molecule has 0 saturated carbocycles. The molecule has 0 aliphatic rings. The largest absolute Gasteiger partial charge is 0.494 e. The van der Waals surface area contributed by atoms with Crippen LogP contribution in [0.15, 0.2) is 29.3 Å². The Balaban J connectivity index is 2.48. The molecular formula is C18H31N3O2. The lowest BCUT2D eigenvalue weighted by Gasteiger charge is -2.12. The highest BCUT2D eigenvalue weighted by molar-refractivity contribution is 5.79. The minimum absolute atomic E-state index is 0.606. The van der Waals surface area contributed by atoms with Crippen LogP contribution in [0, 0.1) is 0 Å². The molecule has 0 fully saturated rings. The van der Waals surface area contributed by atoms with Crippen molar-refractivity contribution in [2.75, 3.05) is 33.4 Å². The van der Waals surface area contributed by atoms with Crippen LogP contribution in [0.3, 0.4) is 0 Å². The van der Waals surface area contributed by atoms with Gasteiger partial charge in [-0.05, 0) is 39.2 Å². The zero-order chi connectivity index (χ0) is 16.8. The Kier molecular flexibility index (Phi) is 10.7. The lowest BCUT2D eigenvalue weighted by atomic mass is 10.2. The number of hydrogen-bond acceptors (Lipinski definition) is 3. The summed E-state index contributed by atoms with van der Waals surface area (Å²) in [5, 5.41) is 6.66. The van der Waals surface area contributed by atoms with Crippen LogP contribution in [0.1, 0.15) is 38.7 Å². The molecule has 23 heavy (non-hydrogen) atoms. The second kappa shape index (κ2) is 12.8. The molecule has 5 nitrogen and oxygen atoms in total. The van der Waals surface area contributed by atoms with Crippen molar-refractivity contribution >= 4 is 5.96 Å². The third-order valence-corrected chi connectivity index (χ3v) is 3.34. The van der Waals surface area contributed by atoms with Crippen molar-refractivity contribution in [2.45, 2.75) is 39.7 Å². The second-order valence-electron chi connectivity index (χ2n) is 5.22. The molecule has 0 saturated heterocycles. The summed E-state index contributed by atoms with van der Waals surface area (Å²) in [7, 11) is 1.74. The lowest BCUT2D eigenvalue weighted by Crippen LogP contribution is -2.37. The van der Waals surface area contributed by atoms with Gasteiger partial charge in [0.25, 0.3) is 0 Å². The van der Waals surface area contributed by atoms with Crippen molar-refractivity contribution < 1.29 is 9.47 Å². The van der Waals surface area contributed by atoms with Crippen LogP contribution >= 0.6 is 0 Å². The Morgan fingerprint density at radius 3 is 2.65 bits per heavy atom. The van der Waals surface area contributed by atoms with Crippen LogP contribution < -0.4 is 15.4 Å². The van der Waals surface area contributed by atoms with Crippen molar-refractivity contribution in [2.24, 2.45) is 4.99 Å². The molecule has 0 bridgehead atoms. The molecule has 1 aromatic rings. The van der Waals surface area contributed by atoms with Gasteiger partial charge in [0.15, 0.2) is 5.96 Å². The minimum Gasteiger partial charge on any atom is -0.494 e. The van der Waals surface area contributed by atoms with Gasteiger partial charge in [-0.1, -0.05) is 18.2 Å². The van der Waals surface area contributed by atoms with Gasteiger partial charge in [-0.2, -0.15) is 0 Å². The maximum absolute atomic E-state index is 5.64. The summed E-state index contributed by atoms with van der Waals surface area (Å²) in [5.41, 5.74) is 1.10. The Morgan fingerprint density at radius 1 is 1.09 bits per heavy atom. The molecule has 0 heterocycles. The smallest absolute Gasteiger partial charge is 0.191 e. The van der Waals surface area contributed by atoms with E-state index < -0.39 is 0 Å². The zero-order valence-corrected chi connectivity index (χ0v) is 14.7. The fourth-order valence-corrected chi connectivity index (χ4v) is 2.19. The van der Waals surface area contributed by atoms with Crippen LogP contribution in [-0.4, -0.2) is 39.4 Å². The third-order valence-electron chi connectivity index (χ3n) is 3.34. The number of rotatable bonds is 11. The fraction of sp³-hybridized carbons (Fsp3) is 0.611. The Hall–Kier alpha value is -1.75. The van der Waals surface area contributed by atoms with E-state index in [-0.39, 0.29) is 0 Å². The molecular weight excluding hydrogens is 290 g/mol. The predicted octanol–water partition coefficient (Wildman–Crippen LogP) is 2.96. The SMILES string of the molecule is CCNC(=NCc1ccccc1OCC)NCCCCCOC. The van der Waals surface area contributed by atoms with Crippen LogP contribution in [0.2, 0.25) is 0 Å². The summed E-state index contributed by atoms with van der Waals surface area (Å²) >= 11 is 0. The highest BCUT2D eigenvalue weighted by Crippen LogP contribution is 2.18. The van der Waals surface area contributed by atoms with E-state index in [0.29, 0.717) is 13.2 Å². The van der Waals surface area contributed by atoms with Crippen LogP contribution in [0.25, 0.3) is 0 Å². The Morgan fingerprint density at radius 2 is 1.91 bits per heavy atom. The second-order valence-corrected chi connectivity index (χ2v) is 5.22. The quantitative estimate of drug-likeness (QED) is 0.374. The van der Waals surface area contributed by atoms with Crippen LogP contribution in [0.5, 0.6) is 5.75 Å². The molecule has 1 aromatic carbocycles. The van der Waals surface area contributed by atoms with Gasteiger partial charge in [0.05, 0.1) is 13.2 Å². The van der Waals surface area contributed by atoms with Crippen molar-refractivity contribution in [3.05, 3.63) is 29.8 Å². The third kappa shape index (κ3) is 8.45. The number of guanidine groups is 1. The molecule has 0 aliphatic carbocycles. The van der Waals surface area contributed by atoms with Gasteiger partial charge in [0, 0.05) is 32.4 Å². The van der Waals surface area contributed by atoms with Crippen molar-refractivity contribution in [1.29, 1.82) is 0 Å². The average molecular weight is 321 g/mol. The van der Waals surface area contributed by atoms with E-state index in [1.807, 2.05) is 25.1 Å². The topological polar surface area (TPSA) is 54.9 Å². The number of hydrogen-bond donors (Lipinski definition) is 2. The Bertz CT molecular complexity index is 450. The van der Waals surface area contributed by atoms with Gasteiger partial charge in [-0.25, -0.2) is 4.99 Å². The predicted molar refractivity (Wildman–Crippen MR) is 96.2 cm³/mol. The molecule has 0 aliphatic heterocycles. The summed E-state index contributed by atoms with van der Waals surface area (Å²) in [6.07, 6.45) is 3.38. The normalized spacial score (nSPS) is 11.3. The fourth-order valence-electron chi connectivity index (χ4n) is 2.19. The van der Waals surface area contributed by atoms with Gasteiger partial charge in [-0.3, -0.25) is 0 Å². The first-order valence-corrected chi connectivity index (χ1v) is 8.53. The number of ether oxygens (including phenoxy) is 2. The standard InChI is InChI=1S/C18H31N3O2/c1-4-19-18(20-13-9-6-10-14-22-3)21-15-16-11-7-8-12-17(16)23-5-2/h7-8,11-12H,4-6,9-10,13-15H2,1-3H3,(H2,19,20,21). The van der Waals surface area contributed by atoms with Crippen LogP contribution in [-0.2, 0) is 11.3 Å². The molecule has 0 atom stereocenters. The zero-order valence-electron chi connectivity index (χ0n) is 14.7. The maximum Gasteiger partial charge on any atom is 0.191 e. The molecule has 0 spiro atoms. The summed E-state index contributed by atoms with van der Waals surface area (Å²) in [5.74, 6) is 1.76. The average Bonchev–Trinajstić information content (AvgIpc) is 2.57. The number of nitrogens with zero attached hydrogens (tertiary/aromatic N) is 1. The van der Waals surface area contributed by atoms with E-state index in [2.05, 4.69) is 28.6 Å². The maximum atomic E-state index is 5.64. The first-order chi connectivity index (χ1) is 11.3. The summed E-state index contributed by atoms with van der Waals surface area (Å²) < 4.78 is 10.7. The Labute approximate surface area is 140 Å². The van der Waals surface area contributed by atoms with E-state index in [1.54, 1.807) is 7.11 Å². The number of methoxy groups -OCH3 is 1. The van der Waals surface area contributed by atoms with E-state index in [9.17, 15) is 0 Å². The molecule has 2 N–H and O–H groups in total. The molecule has 0 amide bonds. The molecule has 5 heteroatoms. The van der Waals surface area contributed by atoms with E-state index in [0.717, 1.165) is 56.2 Å². The monoisotopic (exact) mass is 321 g/mol. The van der Waals surface area contributed by atoms with Crippen LogP contribution in [0.4, 0.5) is 0 Å². The van der Waals surface area contributed by atoms with Gasteiger partial charge in [0.2, 0.25) is 0 Å². The van der Waals surface area contributed by atoms with Gasteiger partial charge in [0.1, 0.15) is 5.75 Å².